The van der Waals surface area contributed by atoms with E-state index in [1.54, 1.807) is 12.1 Å². The zero-order valence-electron chi connectivity index (χ0n) is 11.7. The molecule has 1 atom stereocenters. The van der Waals surface area contributed by atoms with Crippen molar-refractivity contribution in [2.45, 2.75) is 10.9 Å². The van der Waals surface area contributed by atoms with Crippen molar-refractivity contribution >= 4 is 9.84 Å². The van der Waals surface area contributed by atoms with E-state index in [0.29, 0.717) is 16.9 Å². The van der Waals surface area contributed by atoms with Gasteiger partial charge in [-0.25, -0.2) is 12.8 Å². The second-order valence-corrected chi connectivity index (χ2v) is 6.72. The molecule has 6 heteroatoms. The van der Waals surface area contributed by atoms with Crippen LogP contribution in [0, 0.1) is 5.82 Å². The molecule has 0 aliphatic heterocycles. The lowest BCUT2D eigenvalue weighted by Crippen LogP contribution is -2.13. The Bertz CT molecular complexity index is 742. The number of nitrogens with two attached hydrogens (primary N) is 1. The molecule has 0 aliphatic carbocycles. The van der Waals surface area contributed by atoms with Gasteiger partial charge in [0.25, 0.3) is 0 Å². The van der Waals surface area contributed by atoms with Crippen LogP contribution in [0.2, 0.25) is 0 Å². The van der Waals surface area contributed by atoms with Crippen molar-refractivity contribution in [2.75, 3.05) is 13.4 Å². The van der Waals surface area contributed by atoms with Crippen LogP contribution < -0.4 is 10.5 Å². The van der Waals surface area contributed by atoms with Gasteiger partial charge in [-0.15, -0.1) is 0 Å². The summed E-state index contributed by atoms with van der Waals surface area (Å²) < 4.78 is 41.4. The summed E-state index contributed by atoms with van der Waals surface area (Å²) in [6.45, 7) is 0. The van der Waals surface area contributed by atoms with E-state index >= 15 is 0 Å². The van der Waals surface area contributed by atoms with Crippen LogP contribution >= 0.6 is 0 Å². The average Bonchev–Trinajstić information content (AvgIpc) is 2.45. The van der Waals surface area contributed by atoms with E-state index in [-0.39, 0.29) is 4.90 Å². The summed E-state index contributed by atoms with van der Waals surface area (Å²) in [5.41, 5.74) is 7.30. The van der Waals surface area contributed by atoms with Gasteiger partial charge in [0, 0.05) is 11.8 Å². The molecule has 2 aromatic carbocycles. The highest BCUT2D eigenvalue weighted by Crippen LogP contribution is 2.29. The van der Waals surface area contributed by atoms with Crippen molar-refractivity contribution in [1.82, 2.24) is 0 Å². The molecule has 0 aliphatic rings. The highest BCUT2D eigenvalue weighted by atomic mass is 32.2. The molecule has 0 fully saturated rings. The summed E-state index contributed by atoms with van der Waals surface area (Å²) in [5.74, 6) is 0.0742. The second-order valence-electron chi connectivity index (χ2n) is 4.71. The molecule has 21 heavy (non-hydrogen) atoms. The fraction of sp³-hybridized carbons (Fsp3) is 0.200. The lowest BCUT2D eigenvalue weighted by atomic mass is 9.98. The maximum atomic E-state index is 13.4. The largest absolute Gasteiger partial charge is 0.496 e. The molecule has 0 saturated carbocycles. The third kappa shape index (κ3) is 3.40. The van der Waals surface area contributed by atoms with Crippen LogP contribution in [0.5, 0.6) is 5.75 Å². The second kappa shape index (κ2) is 5.83. The number of ether oxygens (including phenoxy) is 1. The summed E-state index contributed by atoms with van der Waals surface area (Å²) in [7, 11) is -1.77. The first-order chi connectivity index (χ1) is 9.82. The molecular formula is C15H16FNO3S. The summed E-state index contributed by atoms with van der Waals surface area (Å²) >= 11 is 0. The van der Waals surface area contributed by atoms with Crippen LogP contribution in [0.4, 0.5) is 4.39 Å². The van der Waals surface area contributed by atoms with E-state index in [2.05, 4.69) is 0 Å². The number of hydrogen-bond acceptors (Lipinski definition) is 4. The Morgan fingerprint density at radius 3 is 2.29 bits per heavy atom. The first kappa shape index (κ1) is 15.5. The Labute approximate surface area is 123 Å². The van der Waals surface area contributed by atoms with E-state index in [1.807, 2.05) is 0 Å². The van der Waals surface area contributed by atoms with Crippen molar-refractivity contribution in [2.24, 2.45) is 5.73 Å². The van der Waals surface area contributed by atoms with Gasteiger partial charge in [0.2, 0.25) is 0 Å². The third-order valence-electron chi connectivity index (χ3n) is 3.19. The minimum absolute atomic E-state index is 0.213. The molecule has 2 rings (SSSR count). The molecule has 0 radical (unpaired) electrons. The highest BCUT2D eigenvalue weighted by molar-refractivity contribution is 7.90. The Morgan fingerprint density at radius 2 is 1.76 bits per heavy atom. The van der Waals surface area contributed by atoms with E-state index < -0.39 is 21.7 Å². The van der Waals surface area contributed by atoms with E-state index in [0.717, 1.165) is 6.26 Å². The molecule has 0 spiro atoms. The van der Waals surface area contributed by atoms with Gasteiger partial charge in [0.15, 0.2) is 9.84 Å². The molecule has 4 nitrogen and oxygen atoms in total. The minimum atomic E-state index is -3.25. The zero-order chi connectivity index (χ0) is 15.6. The molecule has 112 valence electrons. The molecule has 0 bridgehead atoms. The third-order valence-corrected chi connectivity index (χ3v) is 4.32. The Morgan fingerprint density at radius 1 is 1.14 bits per heavy atom. The van der Waals surface area contributed by atoms with Gasteiger partial charge in [-0.1, -0.05) is 12.1 Å². The van der Waals surface area contributed by atoms with Crippen LogP contribution in [0.3, 0.4) is 0 Å². The SMILES string of the molecule is COc1ccc(F)cc1C(N)c1ccc(S(C)(=O)=O)cc1. The fourth-order valence-corrected chi connectivity index (χ4v) is 2.68. The normalized spacial score (nSPS) is 13.0. The predicted octanol–water partition coefficient (Wildman–Crippen LogP) is 2.29. The van der Waals surface area contributed by atoms with Crippen LogP contribution in [0.15, 0.2) is 47.4 Å². The molecule has 0 aromatic heterocycles. The molecule has 0 saturated heterocycles. The number of hydrogen-bond donors (Lipinski definition) is 1. The van der Waals surface area contributed by atoms with E-state index in [9.17, 15) is 12.8 Å². The van der Waals surface area contributed by atoms with Gasteiger partial charge < -0.3 is 10.5 Å². The number of rotatable bonds is 4. The first-order valence-corrected chi connectivity index (χ1v) is 8.11. The van der Waals surface area contributed by atoms with Crippen LogP contribution in [0.1, 0.15) is 17.2 Å². The van der Waals surface area contributed by atoms with Crippen molar-refractivity contribution < 1.29 is 17.5 Å². The van der Waals surface area contributed by atoms with Crippen molar-refractivity contribution in [3.05, 3.63) is 59.4 Å². The van der Waals surface area contributed by atoms with Gasteiger partial charge in [-0.2, -0.15) is 0 Å². The number of halogens is 1. The number of sulfone groups is 1. The van der Waals surface area contributed by atoms with Gasteiger partial charge in [-0.05, 0) is 35.9 Å². The lowest BCUT2D eigenvalue weighted by molar-refractivity contribution is 0.406. The lowest BCUT2D eigenvalue weighted by Gasteiger charge is -2.16. The molecular weight excluding hydrogens is 293 g/mol. The zero-order valence-corrected chi connectivity index (χ0v) is 12.5. The molecule has 1 unspecified atom stereocenters. The van der Waals surface area contributed by atoms with Gasteiger partial charge >= 0.3 is 0 Å². The fourth-order valence-electron chi connectivity index (χ4n) is 2.05. The summed E-state index contributed by atoms with van der Waals surface area (Å²) in [6, 6.07) is 9.71. The first-order valence-electron chi connectivity index (χ1n) is 6.22. The monoisotopic (exact) mass is 309 g/mol. The van der Waals surface area contributed by atoms with Crippen LogP contribution in [-0.4, -0.2) is 21.8 Å². The Hall–Kier alpha value is -1.92. The van der Waals surface area contributed by atoms with Gasteiger partial charge in [0.05, 0.1) is 18.0 Å². The number of benzene rings is 2. The summed E-state index contributed by atoms with van der Waals surface area (Å²) in [4.78, 5) is 0.213. The molecule has 2 aromatic rings. The Balaban J connectivity index is 2.40. The predicted molar refractivity (Wildman–Crippen MR) is 78.5 cm³/mol. The molecule has 0 heterocycles. The van der Waals surface area contributed by atoms with Crippen molar-refractivity contribution in [3.8, 4) is 5.75 Å². The average molecular weight is 309 g/mol. The van der Waals surface area contributed by atoms with E-state index in [4.69, 9.17) is 10.5 Å². The van der Waals surface area contributed by atoms with E-state index in [1.165, 1.54) is 37.4 Å². The maximum Gasteiger partial charge on any atom is 0.175 e. The van der Waals surface area contributed by atoms with Crippen LogP contribution in [-0.2, 0) is 9.84 Å². The quantitative estimate of drug-likeness (QED) is 0.941. The minimum Gasteiger partial charge on any atom is -0.496 e. The summed E-state index contributed by atoms with van der Waals surface area (Å²) in [6.07, 6.45) is 1.14. The van der Waals surface area contributed by atoms with Gasteiger partial charge in [0.1, 0.15) is 11.6 Å². The Kier molecular flexibility index (Phi) is 4.29. The maximum absolute atomic E-state index is 13.4. The smallest absolute Gasteiger partial charge is 0.175 e. The van der Waals surface area contributed by atoms with Gasteiger partial charge in [-0.3, -0.25) is 0 Å². The molecule has 2 N–H and O–H groups in total. The van der Waals surface area contributed by atoms with Crippen molar-refractivity contribution in [1.29, 1.82) is 0 Å². The van der Waals surface area contributed by atoms with Crippen LogP contribution in [0.25, 0.3) is 0 Å². The standard InChI is InChI=1S/C15H16FNO3S/c1-20-14-8-5-11(16)9-13(14)15(17)10-3-6-12(7-4-10)21(2,18)19/h3-9,15H,17H2,1-2H3. The molecule has 0 amide bonds. The highest BCUT2D eigenvalue weighted by Gasteiger charge is 2.16. The topological polar surface area (TPSA) is 69.4 Å². The van der Waals surface area contributed by atoms with Crippen molar-refractivity contribution in [3.63, 3.8) is 0 Å². The number of methoxy groups -OCH3 is 1. The summed E-state index contributed by atoms with van der Waals surface area (Å²) in [5, 5.41) is 0.